The molecule has 1 aliphatic heterocycles. The maximum absolute atomic E-state index is 13.0. The zero-order valence-electron chi connectivity index (χ0n) is 18.1. The van der Waals surface area contributed by atoms with Crippen molar-refractivity contribution in [2.45, 2.75) is 0 Å². The minimum absolute atomic E-state index is 0.00495. The predicted octanol–water partition coefficient (Wildman–Crippen LogP) is 5.33. The fraction of sp³-hybridized carbons (Fsp3) is 0.200. The molecule has 0 bridgehead atoms. The molecule has 0 saturated carbocycles. The van der Waals surface area contributed by atoms with E-state index in [1.54, 1.807) is 43.5 Å². The molecule has 1 saturated heterocycles. The monoisotopic (exact) mass is 527 g/mol. The number of halogens is 2. The first kappa shape index (κ1) is 23.1. The van der Waals surface area contributed by atoms with Crippen molar-refractivity contribution in [3.63, 3.8) is 0 Å². The normalized spacial score (nSPS) is 13.5. The third-order valence-electron chi connectivity index (χ3n) is 5.56. The standard InChI is InChI=1S/C25H23BrClN3O3/c1-33-23-11-8-18(26)16-20(23)24(31)28-21-4-2-3-5-22(21)29-12-14-30(15-13-29)25(32)17-6-9-19(27)10-7-17/h2-11,16H,12-15H2,1H3,(H,28,31). The molecule has 2 amide bonds. The Morgan fingerprint density at radius 1 is 0.970 bits per heavy atom. The summed E-state index contributed by atoms with van der Waals surface area (Å²) in [5.41, 5.74) is 2.70. The van der Waals surface area contributed by atoms with Crippen molar-refractivity contribution in [2.24, 2.45) is 0 Å². The molecule has 1 N–H and O–H groups in total. The number of para-hydroxylation sites is 2. The van der Waals surface area contributed by atoms with Crippen LogP contribution in [0.1, 0.15) is 20.7 Å². The number of benzene rings is 3. The van der Waals surface area contributed by atoms with E-state index in [1.807, 2.05) is 35.2 Å². The summed E-state index contributed by atoms with van der Waals surface area (Å²) >= 11 is 9.34. The van der Waals surface area contributed by atoms with Gasteiger partial charge in [-0.15, -0.1) is 0 Å². The number of carbonyl (C=O) groups excluding carboxylic acids is 2. The molecule has 4 rings (SSSR count). The van der Waals surface area contributed by atoms with E-state index in [-0.39, 0.29) is 11.8 Å². The highest BCUT2D eigenvalue weighted by atomic mass is 79.9. The fourth-order valence-electron chi connectivity index (χ4n) is 3.83. The van der Waals surface area contributed by atoms with Crippen molar-refractivity contribution in [3.8, 4) is 5.75 Å². The Kier molecular flexibility index (Phi) is 7.20. The summed E-state index contributed by atoms with van der Waals surface area (Å²) in [6, 6.07) is 19.9. The van der Waals surface area contributed by atoms with Gasteiger partial charge in [0.25, 0.3) is 11.8 Å². The summed E-state index contributed by atoms with van der Waals surface area (Å²) < 4.78 is 6.14. The molecular formula is C25H23BrClN3O3. The Bertz CT molecular complexity index is 1160. The number of anilines is 2. The number of hydrogen-bond donors (Lipinski definition) is 1. The molecule has 0 spiro atoms. The van der Waals surface area contributed by atoms with Gasteiger partial charge in [-0.3, -0.25) is 9.59 Å². The number of methoxy groups -OCH3 is 1. The van der Waals surface area contributed by atoms with E-state index in [4.69, 9.17) is 16.3 Å². The smallest absolute Gasteiger partial charge is 0.259 e. The number of carbonyl (C=O) groups is 2. The Labute approximate surface area is 206 Å². The number of hydrogen-bond acceptors (Lipinski definition) is 4. The Balaban J connectivity index is 1.46. The van der Waals surface area contributed by atoms with E-state index in [2.05, 4.69) is 26.1 Å². The lowest BCUT2D eigenvalue weighted by molar-refractivity contribution is 0.0746. The summed E-state index contributed by atoms with van der Waals surface area (Å²) in [5.74, 6) is 0.245. The lowest BCUT2D eigenvalue weighted by Crippen LogP contribution is -2.49. The SMILES string of the molecule is COc1ccc(Br)cc1C(=O)Nc1ccccc1N1CCN(C(=O)c2ccc(Cl)cc2)CC1. The highest BCUT2D eigenvalue weighted by molar-refractivity contribution is 9.10. The second-order valence-electron chi connectivity index (χ2n) is 7.60. The van der Waals surface area contributed by atoms with Crippen LogP contribution >= 0.6 is 27.5 Å². The van der Waals surface area contributed by atoms with Gasteiger partial charge in [0.1, 0.15) is 5.75 Å². The van der Waals surface area contributed by atoms with Crippen LogP contribution in [0.15, 0.2) is 71.2 Å². The maximum Gasteiger partial charge on any atom is 0.259 e. The van der Waals surface area contributed by atoms with Crippen LogP contribution in [0.25, 0.3) is 0 Å². The first-order valence-electron chi connectivity index (χ1n) is 10.5. The second-order valence-corrected chi connectivity index (χ2v) is 8.95. The molecule has 0 unspecified atom stereocenters. The molecule has 3 aromatic carbocycles. The summed E-state index contributed by atoms with van der Waals surface area (Å²) in [7, 11) is 1.54. The summed E-state index contributed by atoms with van der Waals surface area (Å²) in [6.45, 7) is 2.49. The molecule has 1 heterocycles. The van der Waals surface area contributed by atoms with E-state index in [0.29, 0.717) is 53.8 Å². The summed E-state index contributed by atoms with van der Waals surface area (Å²) in [4.78, 5) is 29.8. The average molecular weight is 529 g/mol. The first-order valence-corrected chi connectivity index (χ1v) is 11.7. The van der Waals surface area contributed by atoms with Crippen molar-refractivity contribution in [2.75, 3.05) is 43.5 Å². The summed E-state index contributed by atoms with van der Waals surface area (Å²) in [5, 5.41) is 3.62. The van der Waals surface area contributed by atoms with E-state index < -0.39 is 0 Å². The number of amides is 2. The number of ether oxygens (including phenoxy) is 1. The molecule has 0 aromatic heterocycles. The second kappa shape index (κ2) is 10.3. The van der Waals surface area contributed by atoms with Gasteiger partial charge in [-0.25, -0.2) is 0 Å². The molecule has 0 atom stereocenters. The molecular weight excluding hydrogens is 506 g/mol. The number of nitrogens with zero attached hydrogens (tertiary/aromatic N) is 2. The molecule has 170 valence electrons. The van der Waals surface area contributed by atoms with Crippen molar-refractivity contribution in [1.82, 2.24) is 4.90 Å². The molecule has 6 nitrogen and oxygen atoms in total. The van der Waals surface area contributed by atoms with Crippen LogP contribution in [-0.2, 0) is 0 Å². The van der Waals surface area contributed by atoms with E-state index in [0.717, 1.165) is 10.2 Å². The van der Waals surface area contributed by atoms with Crippen molar-refractivity contribution in [1.29, 1.82) is 0 Å². The van der Waals surface area contributed by atoms with Gasteiger partial charge < -0.3 is 19.9 Å². The zero-order valence-corrected chi connectivity index (χ0v) is 20.4. The van der Waals surface area contributed by atoms with Gasteiger partial charge >= 0.3 is 0 Å². The van der Waals surface area contributed by atoms with Crippen molar-refractivity contribution in [3.05, 3.63) is 87.4 Å². The largest absolute Gasteiger partial charge is 0.496 e. The van der Waals surface area contributed by atoms with Gasteiger partial charge in [-0.2, -0.15) is 0 Å². The Morgan fingerprint density at radius 2 is 1.67 bits per heavy atom. The molecule has 8 heteroatoms. The first-order chi connectivity index (χ1) is 16.0. The Morgan fingerprint density at radius 3 is 2.36 bits per heavy atom. The van der Waals surface area contributed by atoms with E-state index in [9.17, 15) is 9.59 Å². The van der Waals surface area contributed by atoms with Crippen molar-refractivity contribution < 1.29 is 14.3 Å². The van der Waals surface area contributed by atoms with Crippen LogP contribution in [0, 0.1) is 0 Å². The molecule has 3 aromatic rings. The van der Waals surface area contributed by atoms with E-state index >= 15 is 0 Å². The van der Waals surface area contributed by atoms with Gasteiger partial charge in [-0.1, -0.05) is 39.7 Å². The fourth-order valence-corrected chi connectivity index (χ4v) is 4.31. The lowest BCUT2D eigenvalue weighted by atomic mass is 10.1. The van der Waals surface area contributed by atoms with Gasteiger partial charge in [0.2, 0.25) is 0 Å². The number of piperazine rings is 1. The van der Waals surface area contributed by atoms with Gasteiger partial charge in [0.05, 0.1) is 24.0 Å². The minimum Gasteiger partial charge on any atom is -0.496 e. The molecule has 0 aliphatic carbocycles. The van der Waals surface area contributed by atoms with Crippen LogP contribution in [0.3, 0.4) is 0 Å². The van der Waals surface area contributed by atoms with Gasteiger partial charge in [0.15, 0.2) is 0 Å². The topological polar surface area (TPSA) is 61.9 Å². The van der Waals surface area contributed by atoms with Crippen LogP contribution in [-0.4, -0.2) is 50.0 Å². The molecule has 33 heavy (non-hydrogen) atoms. The minimum atomic E-state index is -0.253. The highest BCUT2D eigenvalue weighted by Crippen LogP contribution is 2.29. The predicted molar refractivity (Wildman–Crippen MR) is 135 cm³/mol. The van der Waals surface area contributed by atoms with Crippen molar-refractivity contribution >= 4 is 50.7 Å². The van der Waals surface area contributed by atoms with Gasteiger partial charge in [0, 0.05) is 41.2 Å². The summed E-state index contributed by atoms with van der Waals surface area (Å²) in [6.07, 6.45) is 0. The van der Waals surface area contributed by atoms with Crippen LogP contribution in [0.2, 0.25) is 5.02 Å². The molecule has 0 radical (unpaired) electrons. The quantitative estimate of drug-likeness (QED) is 0.487. The molecule has 1 aliphatic rings. The van der Waals surface area contributed by atoms with Crippen LogP contribution < -0.4 is 15.0 Å². The van der Waals surface area contributed by atoms with Gasteiger partial charge in [-0.05, 0) is 54.6 Å². The maximum atomic E-state index is 13.0. The lowest BCUT2D eigenvalue weighted by Gasteiger charge is -2.37. The molecule has 1 fully saturated rings. The Hall–Kier alpha value is -3.03. The zero-order chi connectivity index (χ0) is 23.4. The van der Waals surface area contributed by atoms with Crippen LogP contribution in [0.5, 0.6) is 5.75 Å². The highest BCUT2D eigenvalue weighted by Gasteiger charge is 2.24. The van der Waals surface area contributed by atoms with Crippen LogP contribution in [0.4, 0.5) is 11.4 Å². The van der Waals surface area contributed by atoms with E-state index in [1.165, 1.54) is 0 Å². The third-order valence-corrected chi connectivity index (χ3v) is 6.30. The third kappa shape index (κ3) is 5.31. The number of nitrogens with one attached hydrogen (secondary N) is 1. The average Bonchev–Trinajstić information content (AvgIpc) is 2.84. The number of rotatable bonds is 5.